The second kappa shape index (κ2) is 11.5. The third-order valence-corrected chi connectivity index (χ3v) is 7.74. The van der Waals surface area contributed by atoms with Crippen molar-refractivity contribution in [3.05, 3.63) is 65.6 Å². The van der Waals surface area contributed by atoms with Gasteiger partial charge in [0, 0.05) is 50.7 Å². The highest BCUT2D eigenvalue weighted by Crippen LogP contribution is 2.30. The number of aromatic nitrogens is 3. The van der Waals surface area contributed by atoms with Crippen LogP contribution in [0.15, 0.2) is 55.0 Å². The average molecular weight is 549 g/mol. The normalized spacial score (nSPS) is 20.1. The van der Waals surface area contributed by atoms with E-state index in [0.29, 0.717) is 17.1 Å². The smallest absolute Gasteiger partial charge is 0.406 e. The Morgan fingerprint density at radius 3 is 2.47 bits per heavy atom. The largest absolute Gasteiger partial charge is 0.573 e. The Morgan fingerprint density at radius 1 is 1.08 bits per heavy atom. The molecule has 1 unspecified atom stereocenters. The lowest BCUT2D eigenvalue weighted by molar-refractivity contribution is -0.274. The Balaban J connectivity index is 1.14. The third-order valence-electron chi connectivity index (χ3n) is 7.46. The molecule has 0 spiro atoms. The van der Waals surface area contributed by atoms with E-state index in [4.69, 9.17) is 11.6 Å². The van der Waals surface area contributed by atoms with Crippen LogP contribution in [0.1, 0.15) is 31.7 Å². The minimum absolute atomic E-state index is 0.185. The van der Waals surface area contributed by atoms with Gasteiger partial charge >= 0.3 is 6.36 Å². The lowest BCUT2D eigenvalue weighted by Gasteiger charge is -2.47. The molecule has 2 aliphatic heterocycles. The first-order valence-corrected chi connectivity index (χ1v) is 13.4. The van der Waals surface area contributed by atoms with Crippen LogP contribution in [0.25, 0.3) is 5.69 Å². The van der Waals surface area contributed by atoms with E-state index in [1.165, 1.54) is 12.1 Å². The molecular weight excluding hydrogens is 517 g/mol. The molecule has 0 saturated carbocycles. The molecule has 0 amide bonds. The highest BCUT2D eigenvalue weighted by molar-refractivity contribution is 6.33. The summed E-state index contributed by atoms with van der Waals surface area (Å²) >= 11 is 6.65. The van der Waals surface area contributed by atoms with E-state index in [9.17, 15) is 13.2 Å². The molecule has 7 nitrogen and oxygen atoms in total. The second-order valence-corrected chi connectivity index (χ2v) is 10.3. The van der Waals surface area contributed by atoms with Crippen molar-refractivity contribution < 1.29 is 17.9 Å². The summed E-state index contributed by atoms with van der Waals surface area (Å²) in [6, 6.07) is 10.9. The number of benzene rings is 1. The highest BCUT2D eigenvalue weighted by atomic mass is 35.5. The van der Waals surface area contributed by atoms with Crippen LogP contribution in [0.4, 0.5) is 19.0 Å². The molecule has 0 bridgehead atoms. The molecule has 2 aliphatic rings. The molecule has 204 valence electrons. The van der Waals surface area contributed by atoms with Crippen LogP contribution >= 0.6 is 11.6 Å². The molecule has 38 heavy (non-hydrogen) atoms. The number of nitrogens with zero attached hydrogens (tertiary/aromatic N) is 6. The molecule has 1 atom stereocenters. The number of pyridine rings is 1. The predicted octanol–water partition coefficient (Wildman–Crippen LogP) is 5.38. The fraction of sp³-hybridized carbons (Fsp3) is 0.481. The van der Waals surface area contributed by atoms with E-state index in [1.54, 1.807) is 23.0 Å². The Labute approximate surface area is 225 Å². The van der Waals surface area contributed by atoms with Crippen molar-refractivity contribution in [3.8, 4) is 11.4 Å². The maximum Gasteiger partial charge on any atom is 0.573 e. The van der Waals surface area contributed by atoms with Gasteiger partial charge in [-0.1, -0.05) is 30.7 Å². The van der Waals surface area contributed by atoms with Crippen LogP contribution < -0.4 is 9.64 Å². The van der Waals surface area contributed by atoms with E-state index < -0.39 is 6.36 Å². The molecule has 2 saturated heterocycles. The molecule has 11 heteroatoms. The van der Waals surface area contributed by atoms with Gasteiger partial charge in [0.25, 0.3) is 0 Å². The number of hydrogen-bond acceptors (Lipinski definition) is 6. The fourth-order valence-corrected chi connectivity index (χ4v) is 5.85. The summed E-state index contributed by atoms with van der Waals surface area (Å²) in [6.07, 6.45) is 3.94. The van der Waals surface area contributed by atoms with E-state index in [-0.39, 0.29) is 5.75 Å². The zero-order chi connectivity index (χ0) is 26.7. The number of piperidine rings is 1. The number of anilines is 1. The number of hydrogen-bond donors (Lipinski definition) is 0. The zero-order valence-electron chi connectivity index (χ0n) is 21.3. The molecule has 0 aliphatic carbocycles. The van der Waals surface area contributed by atoms with Crippen LogP contribution in [0, 0.1) is 0 Å². The van der Waals surface area contributed by atoms with E-state index >= 15 is 0 Å². The van der Waals surface area contributed by atoms with E-state index in [1.807, 2.05) is 24.5 Å². The minimum Gasteiger partial charge on any atom is -0.406 e. The van der Waals surface area contributed by atoms with Crippen LogP contribution in [-0.2, 0) is 6.54 Å². The lowest BCUT2D eigenvalue weighted by Crippen LogP contribution is -2.58. The van der Waals surface area contributed by atoms with Gasteiger partial charge in [0.2, 0.25) is 0 Å². The molecule has 5 rings (SSSR count). The maximum absolute atomic E-state index is 12.4. The molecular formula is C27H32ClF3N6O. The van der Waals surface area contributed by atoms with Gasteiger partial charge in [-0.2, -0.15) is 5.10 Å². The lowest BCUT2D eigenvalue weighted by atomic mass is 9.98. The monoisotopic (exact) mass is 548 g/mol. The van der Waals surface area contributed by atoms with Crippen LogP contribution in [0.3, 0.4) is 0 Å². The van der Waals surface area contributed by atoms with Gasteiger partial charge in [0.15, 0.2) is 0 Å². The summed E-state index contributed by atoms with van der Waals surface area (Å²) in [5, 5.41) is 4.88. The maximum atomic E-state index is 12.4. The standard InChI is InChI=1S/C27H32ClF3N6O/c1-2-21-19-35(26-25(28)16-23(17-32-26)37-11-3-10-33-37)14-15-36(21)22-8-12-34(13-9-22)18-20-4-6-24(7-5-20)38-27(29,30)31/h3-7,10-11,16-17,21-22H,2,8-9,12-15,18-19H2,1H3. The number of ether oxygens (including phenoxy) is 1. The van der Waals surface area contributed by atoms with Gasteiger partial charge in [-0.25, -0.2) is 9.67 Å². The Morgan fingerprint density at radius 2 is 1.84 bits per heavy atom. The van der Waals surface area contributed by atoms with Gasteiger partial charge in [0.1, 0.15) is 11.6 Å². The van der Waals surface area contributed by atoms with Crippen molar-refractivity contribution in [3.63, 3.8) is 0 Å². The summed E-state index contributed by atoms with van der Waals surface area (Å²) in [6.45, 7) is 7.60. The number of piperazine rings is 1. The van der Waals surface area contributed by atoms with Gasteiger partial charge in [-0.05, 0) is 62.2 Å². The molecule has 0 N–H and O–H groups in total. The number of likely N-dealkylation sites (tertiary alicyclic amines) is 1. The number of rotatable bonds is 7. The van der Waals surface area contributed by atoms with Crippen LogP contribution in [-0.4, -0.2) is 75.7 Å². The van der Waals surface area contributed by atoms with E-state index in [0.717, 1.165) is 75.6 Å². The Bertz CT molecular complexity index is 1180. The average Bonchev–Trinajstić information content (AvgIpc) is 3.44. The van der Waals surface area contributed by atoms with Crippen molar-refractivity contribution in [2.75, 3.05) is 37.6 Å². The quantitative estimate of drug-likeness (QED) is 0.395. The zero-order valence-corrected chi connectivity index (χ0v) is 22.1. The number of alkyl halides is 3. The Kier molecular flexibility index (Phi) is 8.11. The van der Waals surface area contributed by atoms with Crippen molar-refractivity contribution in [1.29, 1.82) is 0 Å². The minimum atomic E-state index is -4.67. The first-order chi connectivity index (χ1) is 18.3. The highest BCUT2D eigenvalue weighted by Gasteiger charge is 2.34. The molecule has 1 aromatic carbocycles. The summed E-state index contributed by atoms with van der Waals surface area (Å²) in [7, 11) is 0. The fourth-order valence-electron chi connectivity index (χ4n) is 5.57. The van der Waals surface area contributed by atoms with Crippen molar-refractivity contribution in [2.24, 2.45) is 0 Å². The van der Waals surface area contributed by atoms with Crippen molar-refractivity contribution >= 4 is 17.4 Å². The summed E-state index contributed by atoms with van der Waals surface area (Å²) in [5.74, 6) is 0.636. The van der Waals surface area contributed by atoms with Gasteiger partial charge in [-0.15, -0.1) is 13.2 Å². The predicted molar refractivity (Wildman–Crippen MR) is 141 cm³/mol. The molecule has 2 fully saturated rings. The Hall–Kier alpha value is -2.82. The molecule has 3 aromatic rings. The molecule has 0 radical (unpaired) electrons. The van der Waals surface area contributed by atoms with Crippen molar-refractivity contribution in [2.45, 2.75) is 51.2 Å². The van der Waals surface area contributed by atoms with Crippen LogP contribution in [0.5, 0.6) is 5.75 Å². The summed E-state index contributed by atoms with van der Waals surface area (Å²) in [4.78, 5) is 12.0. The summed E-state index contributed by atoms with van der Waals surface area (Å²) < 4.78 is 42.9. The van der Waals surface area contributed by atoms with Gasteiger partial charge in [0.05, 0.1) is 16.9 Å². The third kappa shape index (κ3) is 6.42. The van der Waals surface area contributed by atoms with Gasteiger partial charge < -0.3 is 9.64 Å². The molecule has 2 aromatic heterocycles. The van der Waals surface area contributed by atoms with E-state index in [2.05, 4.69) is 36.4 Å². The SMILES string of the molecule is CCC1CN(c2ncc(-n3cccn3)cc2Cl)CCN1C1CCN(Cc2ccc(OC(F)(F)F)cc2)CC1. The first-order valence-electron chi connectivity index (χ1n) is 13.0. The number of halogens is 4. The van der Waals surface area contributed by atoms with Crippen LogP contribution in [0.2, 0.25) is 5.02 Å². The molecule has 4 heterocycles. The van der Waals surface area contributed by atoms with Gasteiger partial charge in [-0.3, -0.25) is 9.80 Å². The second-order valence-electron chi connectivity index (χ2n) is 9.89. The summed E-state index contributed by atoms with van der Waals surface area (Å²) in [5.41, 5.74) is 1.83. The first kappa shape index (κ1) is 26.8. The topological polar surface area (TPSA) is 49.7 Å². The van der Waals surface area contributed by atoms with Crippen molar-refractivity contribution in [1.82, 2.24) is 24.6 Å².